The van der Waals surface area contributed by atoms with E-state index < -0.39 is 0 Å². The van der Waals surface area contributed by atoms with Gasteiger partial charge in [-0.1, -0.05) is 34.6 Å². The van der Waals surface area contributed by atoms with Gasteiger partial charge in [-0.3, -0.25) is 9.59 Å². The van der Waals surface area contributed by atoms with Gasteiger partial charge in [0.2, 0.25) is 0 Å². The van der Waals surface area contributed by atoms with Crippen molar-refractivity contribution in [3.8, 4) is 0 Å². The molecule has 0 N–H and O–H groups in total. The summed E-state index contributed by atoms with van der Waals surface area (Å²) in [6, 6.07) is 0. The van der Waals surface area contributed by atoms with Crippen LogP contribution in [0.5, 0.6) is 0 Å². The van der Waals surface area contributed by atoms with E-state index in [-0.39, 0.29) is 30.0 Å². The minimum Gasteiger partial charge on any atom is -0.466 e. The molecular formula is C18H31NO3. The van der Waals surface area contributed by atoms with E-state index in [4.69, 9.17) is 4.74 Å². The molecule has 0 spiro atoms. The van der Waals surface area contributed by atoms with Crippen molar-refractivity contribution >= 4 is 11.8 Å². The van der Waals surface area contributed by atoms with E-state index in [1.807, 2.05) is 13.1 Å². The second-order valence-electron chi connectivity index (χ2n) is 7.21. The summed E-state index contributed by atoms with van der Waals surface area (Å²) < 4.78 is 5.03. The SMILES string of the molecule is CCCOC(=O)CCC(=O)C1=CN(CC(C)C)CCC1(C)C. The van der Waals surface area contributed by atoms with Crippen LogP contribution in [-0.4, -0.2) is 36.3 Å². The van der Waals surface area contributed by atoms with Crippen LogP contribution in [0, 0.1) is 11.3 Å². The summed E-state index contributed by atoms with van der Waals surface area (Å²) in [5, 5.41) is 0. The molecule has 1 aliphatic heterocycles. The molecule has 1 heterocycles. The first-order valence-corrected chi connectivity index (χ1v) is 8.41. The van der Waals surface area contributed by atoms with Crippen LogP contribution >= 0.6 is 0 Å². The van der Waals surface area contributed by atoms with Crippen molar-refractivity contribution < 1.29 is 14.3 Å². The van der Waals surface area contributed by atoms with Gasteiger partial charge in [-0.2, -0.15) is 0 Å². The molecule has 4 nitrogen and oxygen atoms in total. The summed E-state index contributed by atoms with van der Waals surface area (Å²) >= 11 is 0. The van der Waals surface area contributed by atoms with E-state index in [2.05, 4.69) is 32.6 Å². The highest BCUT2D eigenvalue weighted by molar-refractivity contribution is 5.98. The van der Waals surface area contributed by atoms with Gasteiger partial charge in [0.1, 0.15) is 0 Å². The van der Waals surface area contributed by atoms with Crippen LogP contribution in [0.25, 0.3) is 0 Å². The molecule has 4 heteroatoms. The number of rotatable bonds is 8. The van der Waals surface area contributed by atoms with Gasteiger partial charge in [-0.05, 0) is 24.2 Å². The lowest BCUT2D eigenvalue weighted by Crippen LogP contribution is -2.36. The third kappa shape index (κ3) is 5.82. The van der Waals surface area contributed by atoms with E-state index >= 15 is 0 Å². The normalized spacial score (nSPS) is 17.4. The van der Waals surface area contributed by atoms with Crippen molar-refractivity contribution in [2.24, 2.45) is 11.3 Å². The molecule has 0 aromatic rings. The van der Waals surface area contributed by atoms with Crippen molar-refractivity contribution in [1.82, 2.24) is 4.90 Å². The Morgan fingerprint density at radius 2 is 2.00 bits per heavy atom. The van der Waals surface area contributed by atoms with Crippen LogP contribution < -0.4 is 0 Å². The van der Waals surface area contributed by atoms with Crippen molar-refractivity contribution in [3.05, 3.63) is 11.8 Å². The number of carbonyl (C=O) groups is 2. The van der Waals surface area contributed by atoms with Gasteiger partial charge >= 0.3 is 5.97 Å². The largest absolute Gasteiger partial charge is 0.466 e. The number of carbonyl (C=O) groups excluding carboxylic acids is 2. The van der Waals surface area contributed by atoms with Crippen LogP contribution in [0.15, 0.2) is 11.8 Å². The predicted octanol–water partition coefficient (Wildman–Crippen LogP) is 3.56. The van der Waals surface area contributed by atoms with Crippen LogP contribution in [0.3, 0.4) is 0 Å². The summed E-state index contributed by atoms with van der Waals surface area (Å²) in [6.07, 6.45) is 4.21. The van der Waals surface area contributed by atoms with Gasteiger partial charge in [0.05, 0.1) is 13.0 Å². The van der Waals surface area contributed by atoms with Crippen molar-refractivity contribution in [2.45, 2.75) is 60.3 Å². The molecule has 0 aliphatic carbocycles. The van der Waals surface area contributed by atoms with E-state index in [0.29, 0.717) is 12.5 Å². The fourth-order valence-corrected chi connectivity index (χ4v) is 2.68. The third-order valence-electron chi connectivity index (χ3n) is 3.99. The Balaban J connectivity index is 2.66. The number of ketones is 1. The van der Waals surface area contributed by atoms with E-state index in [1.54, 1.807) is 0 Å². The second kappa shape index (κ2) is 8.35. The summed E-state index contributed by atoms with van der Waals surface area (Å²) in [5.74, 6) is 0.369. The maximum atomic E-state index is 12.5. The third-order valence-corrected chi connectivity index (χ3v) is 3.99. The molecule has 0 aromatic carbocycles. The summed E-state index contributed by atoms with van der Waals surface area (Å²) in [6.45, 7) is 12.9. The Kier molecular flexibility index (Phi) is 7.11. The highest BCUT2D eigenvalue weighted by Gasteiger charge is 2.32. The molecule has 0 amide bonds. The minimum atomic E-state index is -0.275. The molecule has 0 radical (unpaired) electrons. The van der Waals surface area contributed by atoms with Crippen LogP contribution in [0.1, 0.15) is 60.3 Å². The molecule has 0 atom stereocenters. The van der Waals surface area contributed by atoms with Crippen LogP contribution in [-0.2, 0) is 14.3 Å². The molecule has 0 bridgehead atoms. The highest BCUT2D eigenvalue weighted by Crippen LogP contribution is 2.36. The zero-order valence-electron chi connectivity index (χ0n) is 14.8. The van der Waals surface area contributed by atoms with E-state index in [9.17, 15) is 9.59 Å². The summed E-state index contributed by atoms with van der Waals surface area (Å²) in [5.41, 5.74) is 0.737. The average molecular weight is 309 g/mol. The van der Waals surface area contributed by atoms with Gasteiger partial charge in [-0.15, -0.1) is 0 Å². The second-order valence-corrected chi connectivity index (χ2v) is 7.21. The average Bonchev–Trinajstić information content (AvgIpc) is 2.43. The number of hydrogen-bond acceptors (Lipinski definition) is 4. The Hall–Kier alpha value is -1.32. The smallest absolute Gasteiger partial charge is 0.306 e. The number of allylic oxidation sites excluding steroid dienone is 1. The van der Waals surface area contributed by atoms with Gasteiger partial charge in [0, 0.05) is 31.3 Å². The fraction of sp³-hybridized carbons (Fsp3) is 0.778. The standard InChI is InChI=1S/C18H31NO3/c1-6-11-22-17(21)8-7-16(20)15-13-19(12-14(2)3)10-9-18(15,4)5/h13-14H,6-12H2,1-5H3. The topological polar surface area (TPSA) is 46.6 Å². The van der Waals surface area contributed by atoms with Crippen molar-refractivity contribution in [2.75, 3.05) is 19.7 Å². The molecule has 0 saturated carbocycles. The molecule has 126 valence electrons. The number of Topliss-reactive ketones (excluding diaryl/α,β-unsaturated/α-hetero) is 1. The molecular weight excluding hydrogens is 278 g/mol. The van der Waals surface area contributed by atoms with Crippen molar-refractivity contribution in [1.29, 1.82) is 0 Å². The molecule has 1 aliphatic rings. The quantitative estimate of drug-likeness (QED) is 0.643. The number of hydrogen-bond donors (Lipinski definition) is 0. The summed E-state index contributed by atoms with van der Waals surface area (Å²) in [7, 11) is 0. The molecule has 0 fully saturated rings. The van der Waals surface area contributed by atoms with E-state index in [1.165, 1.54) is 0 Å². The lowest BCUT2D eigenvalue weighted by atomic mass is 9.76. The first-order valence-electron chi connectivity index (χ1n) is 8.41. The molecule has 0 aromatic heterocycles. The lowest BCUT2D eigenvalue weighted by molar-refractivity contribution is -0.144. The Labute approximate surface area is 134 Å². The Morgan fingerprint density at radius 3 is 2.59 bits per heavy atom. The predicted molar refractivity (Wildman–Crippen MR) is 88.4 cm³/mol. The minimum absolute atomic E-state index is 0.0758. The van der Waals surface area contributed by atoms with Crippen LogP contribution in [0.2, 0.25) is 0 Å². The van der Waals surface area contributed by atoms with Crippen molar-refractivity contribution in [3.63, 3.8) is 0 Å². The molecule has 1 rings (SSSR count). The zero-order valence-corrected chi connectivity index (χ0v) is 14.8. The first kappa shape index (κ1) is 18.7. The first-order chi connectivity index (χ1) is 10.3. The fourth-order valence-electron chi connectivity index (χ4n) is 2.68. The summed E-state index contributed by atoms with van der Waals surface area (Å²) in [4.78, 5) is 26.3. The number of esters is 1. The van der Waals surface area contributed by atoms with Gasteiger partial charge in [0.15, 0.2) is 5.78 Å². The highest BCUT2D eigenvalue weighted by atomic mass is 16.5. The van der Waals surface area contributed by atoms with Crippen LogP contribution in [0.4, 0.5) is 0 Å². The number of ether oxygens (including phenoxy) is 1. The Bertz CT molecular complexity index is 424. The van der Waals surface area contributed by atoms with Gasteiger partial charge in [0.25, 0.3) is 0 Å². The van der Waals surface area contributed by atoms with E-state index in [0.717, 1.165) is 31.5 Å². The maximum absolute atomic E-state index is 12.5. The molecule has 22 heavy (non-hydrogen) atoms. The Morgan fingerprint density at radius 1 is 1.32 bits per heavy atom. The molecule has 0 saturated heterocycles. The zero-order chi connectivity index (χ0) is 16.8. The molecule has 0 unspecified atom stereocenters. The lowest BCUT2D eigenvalue weighted by Gasteiger charge is -2.37. The van der Waals surface area contributed by atoms with Gasteiger partial charge in [-0.25, -0.2) is 0 Å². The number of nitrogens with zero attached hydrogens (tertiary/aromatic N) is 1. The monoisotopic (exact) mass is 309 g/mol. The van der Waals surface area contributed by atoms with Gasteiger partial charge < -0.3 is 9.64 Å². The maximum Gasteiger partial charge on any atom is 0.306 e.